The number of likely N-dealkylation sites (N-methyl/N-ethyl adjacent to an activating group) is 1. The van der Waals surface area contributed by atoms with Crippen molar-refractivity contribution in [2.75, 3.05) is 20.2 Å². The highest BCUT2D eigenvalue weighted by molar-refractivity contribution is 5.93. The van der Waals surface area contributed by atoms with Crippen molar-refractivity contribution >= 4 is 5.91 Å². The Balaban J connectivity index is 1.57. The number of carbonyl (C=O) groups is 1. The quantitative estimate of drug-likeness (QED) is 0.728. The molecule has 0 aliphatic carbocycles. The third-order valence-electron chi connectivity index (χ3n) is 3.76. The molecule has 2 N–H and O–H groups in total. The summed E-state index contributed by atoms with van der Waals surface area (Å²) in [5.41, 5.74) is 3.64. The van der Waals surface area contributed by atoms with Crippen molar-refractivity contribution in [1.29, 1.82) is 0 Å². The Labute approximate surface area is 139 Å². The van der Waals surface area contributed by atoms with Crippen LogP contribution in [0.15, 0.2) is 42.9 Å². The number of H-pyrrole nitrogens is 2. The minimum atomic E-state index is -0.0878. The number of amides is 1. The molecule has 0 radical (unpaired) electrons. The van der Waals surface area contributed by atoms with E-state index in [0.717, 1.165) is 22.6 Å². The van der Waals surface area contributed by atoms with Gasteiger partial charge >= 0.3 is 0 Å². The van der Waals surface area contributed by atoms with Crippen LogP contribution in [0.1, 0.15) is 16.1 Å². The first-order valence-electron chi connectivity index (χ1n) is 7.62. The molecule has 0 saturated heterocycles. The highest BCUT2D eigenvalue weighted by Gasteiger charge is 2.12. The van der Waals surface area contributed by atoms with Crippen molar-refractivity contribution < 1.29 is 9.53 Å². The van der Waals surface area contributed by atoms with Crippen LogP contribution in [0.5, 0.6) is 5.75 Å². The normalized spacial score (nSPS) is 10.6. The monoisotopic (exact) mass is 325 g/mol. The molecule has 0 fully saturated rings. The lowest BCUT2D eigenvalue weighted by Crippen LogP contribution is -2.30. The molecule has 7 nitrogen and oxygen atoms in total. The molecule has 0 unspecified atom stereocenters. The van der Waals surface area contributed by atoms with Crippen LogP contribution in [-0.2, 0) is 0 Å². The van der Waals surface area contributed by atoms with Gasteiger partial charge < -0.3 is 9.64 Å². The number of carbonyl (C=O) groups excluding carboxylic acids is 1. The molecule has 0 atom stereocenters. The molecule has 24 heavy (non-hydrogen) atoms. The van der Waals surface area contributed by atoms with E-state index in [4.69, 9.17) is 4.74 Å². The van der Waals surface area contributed by atoms with Crippen LogP contribution in [0.25, 0.3) is 11.1 Å². The fourth-order valence-electron chi connectivity index (χ4n) is 2.39. The maximum Gasteiger partial charge on any atom is 0.256 e. The molecular formula is C17H19N5O2. The Morgan fingerprint density at radius 1 is 1.29 bits per heavy atom. The van der Waals surface area contributed by atoms with Crippen LogP contribution in [-0.4, -0.2) is 51.4 Å². The van der Waals surface area contributed by atoms with Gasteiger partial charge in [0.05, 0.1) is 24.5 Å². The van der Waals surface area contributed by atoms with Gasteiger partial charge in [0.1, 0.15) is 12.4 Å². The van der Waals surface area contributed by atoms with Crippen LogP contribution in [0, 0.1) is 6.92 Å². The van der Waals surface area contributed by atoms with E-state index in [2.05, 4.69) is 20.4 Å². The van der Waals surface area contributed by atoms with E-state index in [1.807, 2.05) is 31.2 Å². The number of hydrogen-bond acceptors (Lipinski definition) is 4. The largest absolute Gasteiger partial charge is 0.492 e. The first kappa shape index (κ1) is 15.8. The van der Waals surface area contributed by atoms with Gasteiger partial charge in [0.25, 0.3) is 5.91 Å². The summed E-state index contributed by atoms with van der Waals surface area (Å²) in [7, 11) is 1.74. The van der Waals surface area contributed by atoms with Crippen LogP contribution >= 0.6 is 0 Å². The summed E-state index contributed by atoms with van der Waals surface area (Å²) in [5, 5.41) is 13.4. The Morgan fingerprint density at radius 2 is 2.17 bits per heavy atom. The lowest BCUT2D eigenvalue weighted by molar-refractivity contribution is 0.0774. The van der Waals surface area contributed by atoms with Crippen molar-refractivity contribution in [3.05, 3.63) is 54.1 Å². The summed E-state index contributed by atoms with van der Waals surface area (Å²) in [6.07, 6.45) is 4.89. The predicted octanol–water partition coefficient (Wildman–Crippen LogP) is 2.26. The maximum absolute atomic E-state index is 12.1. The topological polar surface area (TPSA) is 86.9 Å². The zero-order valence-corrected chi connectivity index (χ0v) is 13.6. The van der Waals surface area contributed by atoms with Gasteiger partial charge in [-0.2, -0.15) is 10.2 Å². The summed E-state index contributed by atoms with van der Waals surface area (Å²) in [4.78, 5) is 13.7. The molecule has 0 spiro atoms. The van der Waals surface area contributed by atoms with E-state index in [-0.39, 0.29) is 5.91 Å². The predicted molar refractivity (Wildman–Crippen MR) is 89.8 cm³/mol. The van der Waals surface area contributed by atoms with Crippen molar-refractivity contribution in [3.8, 4) is 16.9 Å². The van der Waals surface area contributed by atoms with Gasteiger partial charge in [-0.1, -0.05) is 12.1 Å². The van der Waals surface area contributed by atoms with Crippen LogP contribution in [0.3, 0.4) is 0 Å². The van der Waals surface area contributed by atoms with Crippen molar-refractivity contribution in [1.82, 2.24) is 25.3 Å². The van der Waals surface area contributed by atoms with E-state index in [1.54, 1.807) is 24.3 Å². The number of aromatic amines is 2. The second-order valence-corrected chi connectivity index (χ2v) is 5.50. The maximum atomic E-state index is 12.1. The highest BCUT2D eigenvalue weighted by atomic mass is 16.5. The number of aryl methyl sites for hydroxylation is 1. The number of benzene rings is 1. The molecule has 7 heteroatoms. The first-order valence-corrected chi connectivity index (χ1v) is 7.62. The average molecular weight is 325 g/mol. The molecule has 2 aromatic heterocycles. The third kappa shape index (κ3) is 3.45. The molecular weight excluding hydrogens is 306 g/mol. The standard InChI is InChI=1S/C17H19N5O2/c1-12-16(11-20-21-12)13-4-3-5-15(8-13)24-7-6-22(2)17(23)14-9-18-19-10-14/h3-5,8-11H,6-7H2,1-2H3,(H,18,19)(H,20,21). The molecule has 3 rings (SSSR count). The molecule has 124 valence electrons. The van der Waals surface area contributed by atoms with Crippen molar-refractivity contribution in [3.63, 3.8) is 0 Å². The molecule has 2 heterocycles. The van der Waals surface area contributed by atoms with E-state index < -0.39 is 0 Å². The van der Waals surface area contributed by atoms with Gasteiger partial charge in [-0.05, 0) is 24.6 Å². The number of nitrogens with one attached hydrogen (secondary N) is 2. The smallest absolute Gasteiger partial charge is 0.256 e. The first-order chi connectivity index (χ1) is 11.6. The van der Waals surface area contributed by atoms with E-state index in [0.29, 0.717) is 18.7 Å². The van der Waals surface area contributed by atoms with Crippen LogP contribution < -0.4 is 4.74 Å². The average Bonchev–Trinajstić information content (AvgIpc) is 3.26. The highest BCUT2D eigenvalue weighted by Crippen LogP contribution is 2.25. The molecule has 0 aliphatic rings. The van der Waals surface area contributed by atoms with Crippen molar-refractivity contribution in [2.45, 2.75) is 6.92 Å². The third-order valence-corrected chi connectivity index (χ3v) is 3.76. The van der Waals surface area contributed by atoms with Gasteiger partial charge in [0.15, 0.2) is 0 Å². The van der Waals surface area contributed by atoms with Gasteiger partial charge in [0, 0.05) is 24.5 Å². The summed E-state index contributed by atoms with van der Waals surface area (Å²) in [6.45, 7) is 2.87. The second kappa shape index (κ2) is 6.99. The molecule has 1 aromatic carbocycles. The second-order valence-electron chi connectivity index (χ2n) is 5.50. The SMILES string of the molecule is Cc1[nH]ncc1-c1cccc(OCCN(C)C(=O)c2cn[nH]c2)c1. The Hall–Kier alpha value is -3.09. The molecule has 0 saturated carbocycles. The number of hydrogen-bond donors (Lipinski definition) is 2. The van der Waals surface area contributed by atoms with E-state index >= 15 is 0 Å². The minimum Gasteiger partial charge on any atom is -0.492 e. The summed E-state index contributed by atoms with van der Waals surface area (Å²) < 4.78 is 5.77. The summed E-state index contributed by atoms with van der Waals surface area (Å²) in [6, 6.07) is 7.82. The lowest BCUT2D eigenvalue weighted by Gasteiger charge is -2.16. The zero-order valence-electron chi connectivity index (χ0n) is 13.6. The van der Waals surface area contributed by atoms with Gasteiger partial charge in [0.2, 0.25) is 0 Å². The Bertz CT molecular complexity index is 810. The molecule has 0 bridgehead atoms. The van der Waals surface area contributed by atoms with Crippen LogP contribution in [0.4, 0.5) is 0 Å². The molecule has 1 amide bonds. The molecule has 3 aromatic rings. The minimum absolute atomic E-state index is 0.0878. The Morgan fingerprint density at radius 3 is 2.88 bits per heavy atom. The van der Waals surface area contributed by atoms with Gasteiger partial charge in [-0.3, -0.25) is 15.0 Å². The summed E-state index contributed by atoms with van der Waals surface area (Å²) in [5.74, 6) is 0.674. The number of ether oxygens (including phenoxy) is 1. The number of aromatic nitrogens is 4. The van der Waals surface area contributed by atoms with Gasteiger partial charge in [-0.25, -0.2) is 0 Å². The van der Waals surface area contributed by atoms with Crippen LogP contribution in [0.2, 0.25) is 0 Å². The van der Waals surface area contributed by atoms with Crippen molar-refractivity contribution in [2.24, 2.45) is 0 Å². The van der Waals surface area contributed by atoms with E-state index in [9.17, 15) is 4.79 Å². The lowest BCUT2D eigenvalue weighted by atomic mass is 10.1. The van der Waals surface area contributed by atoms with E-state index in [1.165, 1.54) is 6.20 Å². The Kier molecular flexibility index (Phi) is 4.60. The number of nitrogens with zero attached hydrogens (tertiary/aromatic N) is 3. The zero-order chi connectivity index (χ0) is 16.9. The fourth-order valence-corrected chi connectivity index (χ4v) is 2.39. The molecule has 0 aliphatic heterocycles. The number of rotatable bonds is 6. The fraction of sp³-hybridized carbons (Fsp3) is 0.235. The van der Waals surface area contributed by atoms with Gasteiger partial charge in [-0.15, -0.1) is 0 Å². The summed E-state index contributed by atoms with van der Waals surface area (Å²) >= 11 is 0.